The largest absolute Gasteiger partial charge is 0.372 e. The molecule has 0 spiro atoms. The summed E-state index contributed by atoms with van der Waals surface area (Å²) in [5.74, 6) is -0.728. The molecule has 0 aliphatic heterocycles. The number of aryl methyl sites for hydroxylation is 1. The van der Waals surface area contributed by atoms with Gasteiger partial charge in [-0.25, -0.2) is 4.79 Å². The normalized spacial score (nSPS) is 9.27. The van der Waals surface area contributed by atoms with E-state index in [1.165, 1.54) is 0 Å². The summed E-state index contributed by atoms with van der Waals surface area (Å²) >= 11 is 0. The molecule has 0 saturated heterocycles. The van der Waals surface area contributed by atoms with Gasteiger partial charge >= 0.3 is 5.97 Å². The SMILES string of the molecule is Cc1cccc(C(=O)OO)c1. The molecule has 3 nitrogen and oxygen atoms in total. The van der Waals surface area contributed by atoms with E-state index >= 15 is 0 Å². The predicted octanol–water partition coefficient (Wildman–Crippen LogP) is 1.62. The van der Waals surface area contributed by atoms with Gasteiger partial charge in [0.15, 0.2) is 0 Å². The van der Waals surface area contributed by atoms with Crippen LogP contribution in [-0.4, -0.2) is 11.2 Å². The average Bonchev–Trinajstić information content (AvgIpc) is 2.03. The zero-order valence-electron chi connectivity index (χ0n) is 6.07. The first-order valence-electron chi connectivity index (χ1n) is 3.16. The monoisotopic (exact) mass is 152 g/mol. The fourth-order valence-electron chi connectivity index (χ4n) is 0.825. The Hall–Kier alpha value is -1.35. The molecule has 0 heterocycles. The highest BCUT2D eigenvalue weighted by Crippen LogP contribution is 2.04. The Morgan fingerprint density at radius 1 is 1.55 bits per heavy atom. The minimum atomic E-state index is -0.728. The summed E-state index contributed by atoms with van der Waals surface area (Å²) in [7, 11) is 0. The molecule has 0 bridgehead atoms. The van der Waals surface area contributed by atoms with Crippen LogP contribution >= 0.6 is 0 Å². The van der Waals surface area contributed by atoms with E-state index in [0.717, 1.165) is 5.56 Å². The van der Waals surface area contributed by atoms with Crippen molar-refractivity contribution in [2.24, 2.45) is 0 Å². The number of benzene rings is 1. The zero-order chi connectivity index (χ0) is 8.27. The van der Waals surface area contributed by atoms with E-state index in [0.29, 0.717) is 5.56 Å². The first-order chi connectivity index (χ1) is 5.24. The van der Waals surface area contributed by atoms with Crippen LogP contribution in [-0.2, 0) is 4.89 Å². The topological polar surface area (TPSA) is 46.5 Å². The summed E-state index contributed by atoms with van der Waals surface area (Å²) < 4.78 is 0. The van der Waals surface area contributed by atoms with Crippen molar-refractivity contribution in [2.45, 2.75) is 6.92 Å². The third-order valence-electron chi connectivity index (χ3n) is 1.34. The van der Waals surface area contributed by atoms with Crippen molar-refractivity contribution in [1.29, 1.82) is 0 Å². The molecule has 11 heavy (non-hydrogen) atoms. The molecule has 1 rings (SSSR count). The van der Waals surface area contributed by atoms with E-state index < -0.39 is 5.97 Å². The van der Waals surface area contributed by atoms with Gasteiger partial charge in [0.25, 0.3) is 0 Å². The van der Waals surface area contributed by atoms with Gasteiger partial charge in [0.1, 0.15) is 0 Å². The van der Waals surface area contributed by atoms with Crippen LogP contribution in [0.2, 0.25) is 0 Å². The maximum absolute atomic E-state index is 10.7. The summed E-state index contributed by atoms with van der Waals surface area (Å²) in [6.07, 6.45) is 0. The average molecular weight is 152 g/mol. The Labute approximate surface area is 64.2 Å². The molecular formula is C8H8O3. The van der Waals surface area contributed by atoms with Crippen molar-refractivity contribution in [3.8, 4) is 0 Å². The number of rotatable bonds is 1. The van der Waals surface area contributed by atoms with Crippen LogP contribution in [0.4, 0.5) is 0 Å². The zero-order valence-corrected chi connectivity index (χ0v) is 6.07. The molecule has 1 N–H and O–H groups in total. The van der Waals surface area contributed by atoms with Gasteiger partial charge in [-0.1, -0.05) is 17.7 Å². The smallest absolute Gasteiger partial charge is 0.296 e. The second-order valence-corrected chi connectivity index (χ2v) is 2.25. The third-order valence-corrected chi connectivity index (χ3v) is 1.34. The lowest BCUT2D eigenvalue weighted by Gasteiger charge is -1.96. The summed E-state index contributed by atoms with van der Waals surface area (Å²) in [4.78, 5) is 14.2. The summed E-state index contributed by atoms with van der Waals surface area (Å²) in [6, 6.07) is 6.79. The lowest BCUT2D eigenvalue weighted by atomic mass is 10.1. The Morgan fingerprint density at radius 3 is 2.82 bits per heavy atom. The number of hydrogen-bond donors (Lipinski definition) is 1. The lowest BCUT2D eigenvalue weighted by molar-refractivity contribution is -0.182. The third kappa shape index (κ3) is 1.78. The van der Waals surface area contributed by atoms with Crippen molar-refractivity contribution in [3.63, 3.8) is 0 Å². The van der Waals surface area contributed by atoms with Crippen LogP contribution in [0.5, 0.6) is 0 Å². The number of carbonyl (C=O) groups is 1. The van der Waals surface area contributed by atoms with Gasteiger partial charge < -0.3 is 0 Å². The molecule has 0 saturated carbocycles. The van der Waals surface area contributed by atoms with Gasteiger partial charge in [-0.3, -0.25) is 4.89 Å². The number of carbonyl (C=O) groups excluding carboxylic acids is 1. The van der Waals surface area contributed by atoms with E-state index in [-0.39, 0.29) is 0 Å². The second kappa shape index (κ2) is 3.16. The summed E-state index contributed by atoms with van der Waals surface area (Å²) in [5, 5.41) is 8.03. The Kier molecular flexibility index (Phi) is 2.23. The van der Waals surface area contributed by atoms with Crippen LogP contribution in [0.15, 0.2) is 24.3 Å². The highest BCUT2D eigenvalue weighted by atomic mass is 17.1. The Balaban J connectivity index is 2.96. The Bertz CT molecular complexity index is 268. The van der Waals surface area contributed by atoms with Crippen LogP contribution < -0.4 is 0 Å². The first-order valence-corrected chi connectivity index (χ1v) is 3.16. The standard InChI is InChI=1S/C8H8O3/c1-6-3-2-4-7(5-6)8(9)11-10/h2-5,10H,1H3. The Morgan fingerprint density at radius 2 is 2.27 bits per heavy atom. The molecule has 1 aromatic rings. The van der Waals surface area contributed by atoms with Crippen molar-refractivity contribution >= 4 is 5.97 Å². The first kappa shape index (κ1) is 7.75. The second-order valence-electron chi connectivity index (χ2n) is 2.25. The molecule has 0 fully saturated rings. The minimum Gasteiger partial charge on any atom is -0.296 e. The van der Waals surface area contributed by atoms with Gasteiger partial charge in [-0.2, -0.15) is 5.26 Å². The molecule has 0 unspecified atom stereocenters. The van der Waals surface area contributed by atoms with E-state index in [1.54, 1.807) is 18.2 Å². The fraction of sp³-hybridized carbons (Fsp3) is 0.125. The summed E-state index contributed by atoms with van der Waals surface area (Å²) in [6.45, 7) is 1.86. The van der Waals surface area contributed by atoms with Crippen LogP contribution in [0.25, 0.3) is 0 Å². The van der Waals surface area contributed by atoms with Crippen molar-refractivity contribution in [2.75, 3.05) is 0 Å². The lowest BCUT2D eigenvalue weighted by Crippen LogP contribution is -2.00. The van der Waals surface area contributed by atoms with Crippen molar-refractivity contribution in [1.82, 2.24) is 0 Å². The maximum Gasteiger partial charge on any atom is 0.372 e. The highest BCUT2D eigenvalue weighted by Gasteiger charge is 2.04. The van der Waals surface area contributed by atoms with E-state index in [2.05, 4.69) is 4.89 Å². The van der Waals surface area contributed by atoms with E-state index in [1.807, 2.05) is 13.0 Å². The molecule has 0 radical (unpaired) electrons. The van der Waals surface area contributed by atoms with Gasteiger partial charge in [0, 0.05) is 0 Å². The molecule has 0 aromatic heterocycles. The van der Waals surface area contributed by atoms with Gasteiger partial charge in [-0.05, 0) is 19.1 Å². The minimum absolute atomic E-state index is 0.354. The van der Waals surface area contributed by atoms with Crippen LogP contribution in [0, 0.1) is 6.92 Å². The molecule has 1 aromatic carbocycles. The molecule has 0 aliphatic carbocycles. The molecule has 3 heteroatoms. The van der Waals surface area contributed by atoms with E-state index in [4.69, 9.17) is 5.26 Å². The van der Waals surface area contributed by atoms with Crippen LogP contribution in [0.1, 0.15) is 15.9 Å². The molecule has 0 atom stereocenters. The molecule has 0 amide bonds. The van der Waals surface area contributed by atoms with Crippen molar-refractivity contribution < 1.29 is 14.9 Å². The van der Waals surface area contributed by atoms with E-state index in [9.17, 15) is 4.79 Å². The quantitative estimate of drug-likeness (QED) is 0.491. The summed E-state index contributed by atoms with van der Waals surface area (Å²) in [5.41, 5.74) is 1.31. The number of hydrogen-bond acceptors (Lipinski definition) is 3. The van der Waals surface area contributed by atoms with Gasteiger partial charge in [-0.15, -0.1) is 0 Å². The van der Waals surface area contributed by atoms with Gasteiger partial charge in [0.05, 0.1) is 5.56 Å². The fourth-order valence-corrected chi connectivity index (χ4v) is 0.825. The van der Waals surface area contributed by atoms with Gasteiger partial charge in [0.2, 0.25) is 0 Å². The molecule has 58 valence electrons. The van der Waals surface area contributed by atoms with Crippen molar-refractivity contribution in [3.05, 3.63) is 35.4 Å². The molecular weight excluding hydrogens is 144 g/mol. The van der Waals surface area contributed by atoms with Crippen LogP contribution in [0.3, 0.4) is 0 Å². The highest BCUT2D eigenvalue weighted by molar-refractivity contribution is 5.88. The maximum atomic E-state index is 10.7. The molecule has 0 aliphatic rings. The predicted molar refractivity (Wildman–Crippen MR) is 39.2 cm³/mol.